The van der Waals surface area contributed by atoms with Crippen LogP contribution in [0.5, 0.6) is 0 Å². The van der Waals surface area contributed by atoms with Crippen molar-refractivity contribution in [3.05, 3.63) is 108 Å². The third kappa shape index (κ3) is 5.47. The number of aryl methyl sites for hydroxylation is 1. The van der Waals surface area contributed by atoms with Gasteiger partial charge in [0.25, 0.3) is 10.0 Å². The third-order valence-corrected chi connectivity index (χ3v) is 7.25. The van der Waals surface area contributed by atoms with Crippen LogP contribution in [0.2, 0.25) is 5.02 Å². The Morgan fingerprint density at radius 2 is 1.79 bits per heavy atom. The van der Waals surface area contributed by atoms with Crippen LogP contribution in [-0.2, 0) is 21.4 Å². The van der Waals surface area contributed by atoms with Crippen molar-refractivity contribution in [3.8, 4) is 5.69 Å². The Morgan fingerprint density at radius 1 is 1.06 bits per heavy atom. The zero-order valence-corrected chi connectivity index (χ0v) is 20.0. The molecular formula is C25H23ClN4O3S. The van der Waals surface area contributed by atoms with E-state index in [9.17, 15) is 13.2 Å². The van der Waals surface area contributed by atoms with Crippen LogP contribution < -0.4 is 9.62 Å². The fourth-order valence-corrected chi connectivity index (χ4v) is 4.96. The number of benzene rings is 3. The minimum atomic E-state index is -3.99. The van der Waals surface area contributed by atoms with Gasteiger partial charge in [0.1, 0.15) is 6.54 Å². The fraction of sp³-hybridized carbons (Fsp3) is 0.120. The van der Waals surface area contributed by atoms with Crippen molar-refractivity contribution in [2.24, 2.45) is 0 Å². The number of hydrogen-bond acceptors (Lipinski definition) is 4. The number of carbonyl (C=O) groups is 1. The molecule has 4 aromatic rings. The Bertz CT molecular complexity index is 1370. The molecule has 7 nitrogen and oxygen atoms in total. The standard InChI is InChI=1S/C25H23ClN4O3S/c1-19-3-2-4-23(15-19)30(34(32,33)24-11-7-21(26)8-12-24)17-25(31)28-16-20-5-9-22(10-6-20)29-14-13-27-18-29/h2-15,18H,16-17H2,1H3,(H,28,31). The lowest BCUT2D eigenvalue weighted by molar-refractivity contribution is -0.119. The lowest BCUT2D eigenvalue weighted by atomic mass is 10.2. The van der Waals surface area contributed by atoms with Crippen molar-refractivity contribution in [1.29, 1.82) is 0 Å². The molecule has 0 aliphatic carbocycles. The third-order valence-electron chi connectivity index (χ3n) is 5.21. The van der Waals surface area contributed by atoms with Crippen molar-refractivity contribution < 1.29 is 13.2 Å². The van der Waals surface area contributed by atoms with Crippen LogP contribution in [0.4, 0.5) is 5.69 Å². The van der Waals surface area contributed by atoms with Gasteiger partial charge in [0.05, 0.1) is 16.9 Å². The van der Waals surface area contributed by atoms with E-state index in [2.05, 4.69) is 10.3 Å². The number of nitrogens with zero attached hydrogens (tertiary/aromatic N) is 3. The number of rotatable bonds is 8. The smallest absolute Gasteiger partial charge is 0.264 e. The van der Waals surface area contributed by atoms with Gasteiger partial charge in [0.15, 0.2) is 0 Å². The summed E-state index contributed by atoms with van der Waals surface area (Å²) in [5.41, 5.74) is 3.13. The summed E-state index contributed by atoms with van der Waals surface area (Å²) in [6, 6.07) is 20.6. The molecule has 0 radical (unpaired) electrons. The molecular weight excluding hydrogens is 472 g/mol. The molecule has 0 spiro atoms. The summed E-state index contributed by atoms with van der Waals surface area (Å²) in [4.78, 5) is 16.9. The summed E-state index contributed by atoms with van der Waals surface area (Å²) in [7, 11) is -3.99. The average molecular weight is 495 g/mol. The summed E-state index contributed by atoms with van der Waals surface area (Å²) in [6.07, 6.45) is 5.25. The van der Waals surface area contributed by atoms with Crippen molar-refractivity contribution >= 4 is 33.2 Å². The van der Waals surface area contributed by atoms with E-state index in [1.165, 1.54) is 24.3 Å². The molecule has 4 rings (SSSR count). The Labute approximate surface area is 203 Å². The summed E-state index contributed by atoms with van der Waals surface area (Å²) >= 11 is 5.92. The molecule has 0 aliphatic rings. The van der Waals surface area contributed by atoms with E-state index < -0.39 is 15.9 Å². The minimum Gasteiger partial charge on any atom is -0.350 e. The number of sulfonamides is 1. The van der Waals surface area contributed by atoms with Crippen molar-refractivity contribution in [2.75, 3.05) is 10.8 Å². The normalized spacial score (nSPS) is 11.2. The highest BCUT2D eigenvalue weighted by molar-refractivity contribution is 7.92. The molecule has 0 aliphatic heterocycles. The van der Waals surface area contributed by atoms with E-state index in [1.54, 1.807) is 30.7 Å². The van der Waals surface area contributed by atoms with E-state index >= 15 is 0 Å². The lowest BCUT2D eigenvalue weighted by Gasteiger charge is -2.24. The molecule has 0 atom stereocenters. The first kappa shape index (κ1) is 23.5. The van der Waals surface area contributed by atoms with Crippen LogP contribution >= 0.6 is 11.6 Å². The number of nitrogens with one attached hydrogen (secondary N) is 1. The number of imidazole rings is 1. The number of amides is 1. The van der Waals surface area contributed by atoms with Gasteiger partial charge in [-0.25, -0.2) is 13.4 Å². The Morgan fingerprint density at radius 3 is 2.44 bits per heavy atom. The van der Waals surface area contributed by atoms with E-state index in [4.69, 9.17) is 11.6 Å². The average Bonchev–Trinajstić information content (AvgIpc) is 3.37. The highest BCUT2D eigenvalue weighted by Gasteiger charge is 2.27. The second-order valence-corrected chi connectivity index (χ2v) is 10.0. The van der Waals surface area contributed by atoms with Gasteiger partial charge in [-0.2, -0.15) is 0 Å². The second kappa shape index (κ2) is 10.1. The van der Waals surface area contributed by atoms with Crippen LogP contribution in [0.3, 0.4) is 0 Å². The van der Waals surface area contributed by atoms with Crippen LogP contribution in [0, 0.1) is 6.92 Å². The first-order valence-electron chi connectivity index (χ1n) is 10.5. The molecule has 3 aromatic carbocycles. The molecule has 34 heavy (non-hydrogen) atoms. The van der Waals surface area contributed by atoms with E-state index in [-0.39, 0.29) is 18.0 Å². The molecule has 9 heteroatoms. The first-order chi connectivity index (χ1) is 16.3. The molecule has 1 N–H and O–H groups in total. The summed E-state index contributed by atoms with van der Waals surface area (Å²) in [6.45, 7) is 1.78. The molecule has 0 saturated heterocycles. The van der Waals surface area contributed by atoms with Crippen LogP contribution in [0.1, 0.15) is 11.1 Å². The summed E-state index contributed by atoms with van der Waals surface area (Å²) < 4.78 is 29.8. The summed E-state index contributed by atoms with van der Waals surface area (Å²) in [5, 5.41) is 3.24. The van der Waals surface area contributed by atoms with Gasteiger partial charge in [0, 0.05) is 29.6 Å². The predicted molar refractivity (Wildman–Crippen MR) is 133 cm³/mol. The number of anilines is 1. The summed E-state index contributed by atoms with van der Waals surface area (Å²) in [5.74, 6) is -0.419. The quantitative estimate of drug-likeness (QED) is 0.395. The van der Waals surface area contributed by atoms with Gasteiger partial charge in [-0.1, -0.05) is 35.9 Å². The maximum absolute atomic E-state index is 13.4. The van der Waals surface area contributed by atoms with Crippen LogP contribution in [0.15, 0.2) is 96.4 Å². The topological polar surface area (TPSA) is 84.3 Å². The van der Waals surface area contributed by atoms with E-state index in [0.29, 0.717) is 10.7 Å². The SMILES string of the molecule is Cc1cccc(N(CC(=O)NCc2ccc(-n3ccnc3)cc2)S(=O)(=O)c2ccc(Cl)cc2)c1. The van der Waals surface area contributed by atoms with Gasteiger partial charge in [-0.3, -0.25) is 9.10 Å². The van der Waals surface area contributed by atoms with Gasteiger partial charge in [-0.15, -0.1) is 0 Å². The maximum atomic E-state index is 13.4. The largest absolute Gasteiger partial charge is 0.350 e. The zero-order chi connectivity index (χ0) is 24.1. The van der Waals surface area contributed by atoms with E-state index in [1.807, 2.05) is 48.0 Å². The number of aromatic nitrogens is 2. The predicted octanol–water partition coefficient (Wildman–Crippen LogP) is 4.35. The van der Waals surface area contributed by atoms with Crippen molar-refractivity contribution in [2.45, 2.75) is 18.4 Å². The van der Waals surface area contributed by atoms with Crippen molar-refractivity contribution in [3.63, 3.8) is 0 Å². The highest BCUT2D eigenvalue weighted by atomic mass is 35.5. The zero-order valence-electron chi connectivity index (χ0n) is 18.4. The van der Waals surface area contributed by atoms with Crippen LogP contribution in [0.25, 0.3) is 5.69 Å². The lowest BCUT2D eigenvalue weighted by Crippen LogP contribution is -2.40. The molecule has 0 unspecified atom stereocenters. The maximum Gasteiger partial charge on any atom is 0.264 e. The molecule has 0 bridgehead atoms. The Balaban J connectivity index is 1.51. The molecule has 1 amide bonds. The molecule has 0 fully saturated rings. The number of halogens is 1. The van der Waals surface area contributed by atoms with Crippen molar-refractivity contribution in [1.82, 2.24) is 14.9 Å². The van der Waals surface area contributed by atoms with Gasteiger partial charge in [-0.05, 0) is 66.6 Å². The Kier molecular flexibility index (Phi) is 7.00. The molecule has 1 aromatic heterocycles. The first-order valence-corrected chi connectivity index (χ1v) is 12.3. The molecule has 1 heterocycles. The molecule has 0 saturated carbocycles. The van der Waals surface area contributed by atoms with Gasteiger partial charge < -0.3 is 9.88 Å². The van der Waals surface area contributed by atoms with Crippen LogP contribution in [-0.4, -0.2) is 30.4 Å². The molecule has 174 valence electrons. The minimum absolute atomic E-state index is 0.0568. The fourth-order valence-electron chi connectivity index (χ4n) is 3.42. The van der Waals surface area contributed by atoms with Gasteiger partial charge in [0.2, 0.25) is 5.91 Å². The van der Waals surface area contributed by atoms with Gasteiger partial charge >= 0.3 is 0 Å². The number of hydrogen-bond donors (Lipinski definition) is 1. The number of carbonyl (C=O) groups excluding carboxylic acids is 1. The monoisotopic (exact) mass is 494 g/mol. The highest BCUT2D eigenvalue weighted by Crippen LogP contribution is 2.25. The second-order valence-electron chi connectivity index (χ2n) is 7.72. The Hall–Kier alpha value is -3.62. The van der Waals surface area contributed by atoms with E-state index in [0.717, 1.165) is 21.1 Å².